The van der Waals surface area contributed by atoms with E-state index in [1.54, 1.807) is 6.08 Å². The standard InChI is InChI=1S/C22H36O5/c1-2-3-8-11-17(23)14-15-19-18(20(24)16-21(19)25)12-9-6-4-5-7-10-13-22(26)27/h6,9,14-15,17-19,21,23,25H,2-5,7-8,10-13,16H2,1H3,(H,26,27)/b9-6-,15-14+/t17-,18+,19+,21+/m0/s1. The Morgan fingerprint density at radius 3 is 2.67 bits per heavy atom. The number of ketones is 1. The Bertz CT molecular complexity index is 497. The number of carbonyl (C=O) groups excluding carboxylic acids is 1. The van der Waals surface area contributed by atoms with Crippen molar-refractivity contribution in [3.63, 3.8) is 0 Å². The lowest BCUT2D eigenvalue weighted by molar-refractivity contribution is -0.137. The number of allylic oxidation sites excluding steroid dienone is 2. The molecule has 1 rings (SSSR count). The Morgan fingerprint density at radius 1 is 1.19 bits per heavy atom. The lowest BCUT2D eigenvalue weighted by atomic mass is 9.90. The van der Waals surface area contributed by atoms with Crippen LogP contribution in [0.5, 0.6) is 0 Å². The summed E-state index contributed by atoms with van der Waals surface area (Å²) in [6.07, 6.45) is 14.7. The van der Waals surface area contributed by atoms with Crippen LogP contribution in [0.15, 0.2) is 24.3 Å². The summed E-state index contributed by atoms with van der Waals surface area (Å²) >= 11 is 0. The Labute approximate surface area is 163 Å². The molecule has 0 aromatic heterocycles. The second kappa shape index (κ2) is 13.7. The van der Waals surface area contributed by atoms with Crippen molar-refractivity contribution in [1.29, 1.82) is 0 Å². The van der Waals surface area contributed by atoms with Crippen LogP contribution in [0.25, 0.3) is 0 Å². The van der Waals surface area contributed by atoms with Gasteiger partial charge < -0.3 is 15.3 Å². The fraction of sp³-hybridized carbons (Fsp3) is 0.727. The fourth-order valence-corrected chi connectivity index (χ4v) is 3.56. The smallest absolute Gasteiger partial charge is 0.303 e. The number of hydrogen-bond acceptors (Lipinski definition) is 4. The topological polar surface area (TPSA) is 94.8 Å². The molecule has 0 saturated heterocycles. The number of aliphatic hydroxyl groups excluding tert-OH is 2. The molecule has 0 bridgehead atoms. The highest BCUT2D eigenvalue weighted by molar-refractivity contribution is 5.84. The predicted octanol–water partition coefficient (Wildman–Crippen LogP) is 4.03. The monoisotopic (exact) mass is 380 g/mol. The predicted molar refractivity (Wildman–Crippen MR) is 106 cm³/mol. The summed E-state index contributed by atoms with van der Waals surface area (Å²) in [6, 6.07) is 0. The van der Waals surface area contributed by atoms with E-state index in [4.69, 9.17) is 5.11 Å². The van der Waals surface area contributed by atoms with E-state index in [1.165, 1.54) is 0 Å². The molecular weight excluding hydrogens is 344 g/mol. The summed E-state index contributed by atoms with van der Waals surface area (Å²) in [5.41, 5.74) is 0. The molecule has 0 spiro atoms. The lowest BCUT2D eigenvalue weighted by Gasteiger charge is -2.16. The zero-order valence-electron chi connectivity index (χ0n) is 16.6. The van der Waals surface area contributed by atoms with Crippen LogP contribution in [0.3, 0.4) is 0 Å². The van der Waals surface area contributed by atoms with Crippen molar-refractivity contribution in [2.45, 2.75) is 89.8 Å². The molecule has 0 aromatic carbocycles. The van der Waals surface area contributed by atoms with Gasteiger partial charge in [0.15, 0.2) is 0 Å². The van der Waals surface area contributed by atoms with Crippen LogP contribution in [0, 0.1) is 11.8 Å². The van der Waals surface area contributed by atoms with Gasteiger partial charge in [0, 0.05) is 24.7 Å². The van der Waals surface area contributed by atoms with Gasteiger partial charge in [-0.15, -0.1) is 0 Å². The van der Waals surface area contributed by atoms with Crippen molar-refractivity contribution in [2.75, 3.05) is 0 Å². The average molecular weight is 381 g/mol. The minimum atomic E-state index is -0.751. The number of unbranched alkanes of at least 4 members (excludes halogenated alkanes) is 5. The lowest BCUT2D eigenvalue weighted by Crippen LogP contribution is -2.18. The summed E-state index contributed by atoms with van der Waals surface area (Å²) in [5, 5.41) is 28.8. The van der Waals surface area contributed by atoms with Crippen LogP contribution in [0.1, 0.15) is 77.6 Å². The van der Waals surface area contributed by atoms with Gasteiger partial charge >= 0.3 is 5.97 Å². The quantitative estimate of drug-likeness (QED) is 0.312. The number of hydrogen-bond donors (Lipinski definition) is 3. The van der Waals surface area contributed by atoms with Gasteiger partial charge in [-0.2, -0.15) is 0 Å². The Balaban J connectivity index is 2.39. The van der Waals surface area contributed by atoms with Crippen LogP contribution in [-0.2, 0) is 9.59 Å². The highest BCUT2D eigenvalue weighted by Gasteiger charge is 2.39. The molecule has 1 aliphatic carbocycles. The first-order valence-corrected chi connectivity index (χ1v) is 10.4. The molecule has 5 nitrogen and oxygen atoms in total. The van der Waals surface area contributed by atoms with Gasteiger partial charge in [-0.1, -0.05) is 56.9 Å². The molecule has 154 valence electrons. The molecule has 0 heterocycles. The third kappa shape index (κ3) is 9.87. The Kier molecular flexibility index (Phi) is 11.9. The molecule has 1 aliphatic rings. The van der Waals surface area contributed by atoms with Gasteiger partial charge in [0.05, 0.1) is 12.2 Å². The van der Waals surface area contributed by atoms with Gasteiger partial charge in [-0.3, -0.25) is 9.59 Å². The second-order valence-corrected chi connectivity index (χ2v) is 7.57. The molecule has 5 heteroatoms. The van der Waals surface area contributed by atoms with Crippen LogP contribution in [0.4, 0.5) is 0 Å². The van der Waals surface area contributed by atoms with Crippen LogP contribution >= 0.6 is 0 Å². The zero-order valence-corrected chi connectivity index (χ0v) is 16.6. The molecule has 27 heavy (non-hydrogen) atoms. The van der Waals surface area contributed by atoms with Crippen molar-refractivity contribution < 1.29 is 24.9 Å². The van der Waals surface area contributed by atoms with E-state index in [2.05, 4.69) is 6.92 Å². The van der Waals surface area contributed by atoms with Crippen molar-refractivity contribution in [3.8, 4) is 0 Å². The number of Topliss-reactive ketones (excluding diaryl/α,β-unsaturated/α-hetero) is 1. The third-order valence-corrected chi connectivity index (χ3v) is 5.21. The number of carboxylic acids is 1. The number of aliphatic hydroxyl groups is 2. The van der Waals surface area contributed by atoms with Crippen molar-refractivity contribution in [3.05, 3.63) is 24.3 Å². The first-order valence-electron chi connectivity index (χ1n) is 10.4. The van der Waals surface area contributed by atoms with E-state index in [0.717, 1.165) is 38.5 Å². The summed E-state index contributed by atoms with van der Waals surface area (Å²) in [5.74, 6) is -1.11. The molecule has 3 N–H and O–H groups in total. The largest absolute Gasteiger partial charge is 0.481 e. The summed E-state index contributed by atoms with van der Waals surface area (Å²) in [6.45, 7) is 2.12. The van der Waals surface area contributed by atoms with Crippen LogP contribution in [0.2, 0.25) is 0 Å². The summed E-state index contributed by atoms with van der Waals surface area (Å²) in [7, 11) is 0. The second-order valence-electron chi connectivity index (χ2n) is 7.57. The highest BCUT2D eigenvalue weighted by atomic mass is 16.4. The number of aliphatic carboxylic acids is 1. The van der Waals surface area contributed by atoms with Crippen molar-refractivity contribution in [2.24, 2.45) is 11.8 Å². The molecule has 0 aliphatic heterocycles. The molecule has 1 saturated carbocycles. The Morgan fingerprint density at radius 2 is 1.96 bits per heavy atom. The number of carbonyl (C=O) groups is 2. The number of carboxylic acid groups (broad SMARTS) is 1. The minimum absolute atomic E-state index is 0.0868. The highest BCUT2D eigenvalue weighted by Crippen LogP contribution is 2.33. The van der Waals surface area contributed by atoms with E-state index in [9.17, 15) is 19.8 Å². The average Bonchev–Trinajstić information content (AvgIpc) is 2.88. The van der Waals surface area contributed by atoms with E-state index in [1.807, 2.05) is 18.2 Å². The normalized spacial score (nSPS) is 24.3. The molecule has 0 unspecified atom stereocenters. The van der Waals surface area contributed by atoms with E-state index in [0.29, 0.717) is 19.3 Å². The van der Waals surface area contributed by atoms with Crippen molar-refractivity contribution >= 4 is 11.8 Å². The van der Waals surface area contributed by atoms with Gasteiger partial charge in [0.2, 0.25) is 0 Å². The molecule has 4 atom stereocenters. The maximum Gasteiger partial charge on any atom is 0.303 e. The van der Waals surface area contributed by atoms with E-state index >= 15 is 0 Å². The van der Waals surface area contributed by atoms with Gasteiger partial charge in [0.1, 0.15) is 5.78 Å². The summed E-state index contributed by atoms with van der Waals surface area (Å²) in [4.78, 5) is 22.6. The van der Waals surface area contributed by atoms with Gasteiger partial charge in [0.25, 0.3) is 0 Å². The molecular formula is C22H36O5. The summed E-state index contributed by atoms with van der Waals surface area (Å²) < 4.78 is 0. The van der Waals surface area contributed by atoms with Crippen LogP contribution < -0.4 is 0 Å². The van der Waals surface area contributed by atoms with E-state index in [-0.39, 0.29) is 30.5 Å². The number of rotatable bonds is 14. The maximum atomic E-state index is 12.2. The van der Waals surface area contributed by atoms with Crippen LogP contribution in [-0.4, -0.2) is 39.3 Å². The SMILES string of the molecule is CCCCC[C@H](O)/C=C/[C@H]1[C@H](O)CC(=O)[C@@H]1C/C=C\CCCCCC(=O)O. The Hall–Kier alpha value is -1.46. The van der Waals surface area contributed by atoms with Crippen molar-refractivity contribution in [1.82, 2.24) is 0 Å². The third-order valence-electron chi connectivity index (χ3n) is 5.21. The van der Waals surface area contributed by atoms with E-state index < -0.39 is 18.2 Å². The zero-order chi connectivity index (χ0) is 20.1. The first kappa shape index (κ1) is 23.6. The molecule has 0 radical (unpaired) electrons. The molecule has 0 amide bonds. The fourth-order valence-electron chi connectivity index (χ4n) is 3.56. The minimum Gasteiger partial charge on any atom is -0.481 e. The maximum absolute atomic E-state index is 12.2. The van der Waals surface area contributed by atoms with Gasteiger partial charge in [-0.25, -0.2) is 0 Å². The van der Waals surface area contributed by atoms with Gasteiger partial charge in [-0.05, 0) is 32.1 Å². The molecule has 0 aromatic rings. The first-order chi connectivity index (χ1) is 13.0. The molecule has 1 fully saturated rings.